The highest BCUT2D eigenvalue weighted by molar-refractivity contribution is 5.70. The van der Waals surface area contributed by atoms with Crippen LogP contribution in [0, 0.1) is 0 Å². The van der Waals surface area contributed by atoms with E-state index in [2.05, 4.69) is 11.8 Å². The van der Waals surface area contributed by atoms with Gasteiger partial charge >= 0.3 is 6.09 Å². The van der Waals surface area contributed by atoms with E-state index in [0.717, 1.165) is 25.2 Å². The molecule has 24 heavy (non-hydrogen) atoms. The van der Waals surface area contributed by atoms with Crippen LogP contribution in [0.3, 0.4) is 0 Å². The number of anilines is 2. The third kappa shape index (κ3) is 4.24. The number of hydrogen-bond acceptors (Lipinski definition) is 5. The Balaban J connectivity index is 2.08. The van der Waals surface area contributed by atoms with Gasteiger partial charge in [-0.15, -0.1) is 0 Å². The van der Waals surface area contributed by atoms with Crippen molar-refractivity contribution in [3.8, 4) is 5.75 Å². The summed E-state index contributed by atoms with van der Waals surface area (Å²) < 4.78 is 10.8. The van der Waals surface area contributed by atoms with Gasteiger partial charge in [-0.3, -0.25) is 0 Å². The van der Waals surface area contributed by atoms with Crippen LogP contribution in [0.15, 0.2) is 12.1 Å². The molecule has 1 heterocycles. The predicted octanol–water partition coefficient (Wildman–Crippen LogP) is 2.90. The molecule has 1 amide bonds. The van der Waals surface area contributed by atoms with E-state index in [4.69, 9.17) is 15.2 Å². The predicted molar refractivity (Wildman–Crippen MR) is 96.8 cm³/mol. The number of benzene rings is 1. The molecule has 1 saturated heterocycles. The summed E-state index contributed by atoms with van der Waals surface area (Å²) in [5.41, 5.74) is 8.53. The van der Waals surface area contributed by atoms with Crippen LogP contribution in [-0.2, 0) is 11.2 Å². The summed E-state index contributed by atoms with van der Waals surface area (Å²) in [6, 6.07) is 3.98. The lowest BCUT2D eigenvalue weighted by molar-refractivity contribution is 0.0240. The zero-order chi connectivity index (χ0) is 17.9. The van der Waals surface area contributed by atoms with Gasteiger partial charge in [0.2, 0.25) is 0 Å². The third-order valence-electron chi connectivity index (χ3n) is 4.08. The highest BCUT2D eigenvalue weighted by Crippen LogP contribution is 2.32. The first-order valence-corrected chi connectivity index (χ1v) is 8.44. The number of nitrogens with two attached hydrogens (primary N) is 1. The van der Waals surface area contributed by atoms with Gasteiger partial charge in [0.15, 0.2) is 0 Å². The van der Waals surface area contributed by atoms with Crippen molar-refractivity contribution in [1.82, 2.24) is 4.90 Å². The molecular weight excluding hydrogens is 306 g/mol. The highest BCUT2D eigenvalue weighted by Gasteiger charge is 2.26. The molecule has 0 bridgehead atoms. The van der Waals surface area contributed by atoms with Gasteiger partial charge in [0, 0.05) is 37.9 Å². The fraction of sp³-hybridized carbons (Fsp3) is 0.611. The average Bonchev–Trinajstić information content (AvgIpc) is 2.53. The van der Waals surface area contributed by atoms with Gasteiger partial charge in [-0.2, -0.15) is 0 Å². The lowest BCUT2D eigenvalue weighted by Crippen LogP contribution is -2.50. The minimum Gasteiger partial charge on any atom is -0.495 e. The van der Waals surface area contributed by atoms with E-state index < -0.39 is 5.60 Å². The van der Waals surface area contributed by atoms with Crippen LogP contribution >= 0.6 is 0 Å². The third-order valence-corrected chi connectivity index (χ3v) is 4.08. The molecule has 0 saturated carbocycles. The van der Waals surface area contributed by atoms with Crippen LogP contribution in [0.4, 0.5) is 16.2 Å². The quantitative estimate of drug-likeness (QED) is 0.860. The largest absolute Gasteiger partial charge is 0.495 e. The molecule has 0 aliphatic carbocycles. The van der Waals surface area contributed by atoms with Crippen LogP contribution in [-0.4, -0.2) is 49.9 Å². The number of nitrogens with zero attached hydrogens (tertiary/aromatic N) is 2. The molecular formula is C18H29N3O3. The molecule has 0 radical (unpaired) electrons. The Morgan fingerprint density at radius 1 is 1.21 bits per heavy atom. The Kier molecular flexibility index (Phi) is 5.47. The Morgan fingerprint density at radius 3 is 2.33 bits per heavy atom. The first kappa shape index (κ1) is 18.2. The number of rotatable bonds is 3. The number of piperazine rings is 1. The molecule has 0 unspecified atom stereocenters. The summed E-state index contributed by atoms with van der Waals surface area (Å²) in [6.45, 7) is 10.6. The van der Waals surface area contributed by atoms with Gasteiger partial charge in [-0.1, -0.05) is 6.92 Å². The van der Waals surface area contributed by atoms with Crippen LogP contribution < -0.4 is 15.4 Å². The number of carbonyl (C=O) groups excluding carboxylic acids is 1. The molecule has 0 aromatic heterocycles. The Bertz CT molecular complexity index is 588. The van der Waals surface area contributed by atoms with Crippen molar-refractivity contribution in [3.05, 3.63) is 17.7 Å². The van der Waals surface area contributed by atoms with E-state index in [-0.39, 0.29) is 6.09 Å². The first-order chi connectivity index (χ1) is 11.2. The summed E-state index contributed by atoms with van der Waals surface area (Å²) in [5.74, 6) is 0.691. The maximum absolute atomic E-state index is 12.2. The smallest absolute Gasteiger partial charge is 0.410 e. The molecule has 6 heteroatoms. The van der Waals surface area contributed by atoms with Crippen molar-refractivity contribution in [2.75, 3.05) is 43.9 Å². The second-order valence-corrected chi connectivity index (χ2v) is 7.03. The normalized spacial score (nSPS) is 15.4. The topological polar surface area (TPSA) is 68.0 Å². The lowest BCUT2D eigenvalue weighted by atomic mass is 10.1. The van der Waals surface area contributed by atoms with Crippen LogP contribution in [0.5, 0.6) is 5.75 Å². The van der Waals surface area contributed by atoms with E-state index in [1.165, 1.54) is 5.56 Å². The summed E-state index contributed by atoms with van der Waals surface area (Å²) in [6.07, 6.45) is 0.656. The van der Waals surface area contributed by atoms with Crippen molar-refractivity contribution < 1.29 is 14.3 Å². The van der Waals surface area contributed by atoms with E-state index in [9.17, 15) is 4.79 Å². The number of nitrogen functional groups attached to an aromatic ring is 1. The summed E-state index contributed by atoms with van der Waals surface area (Å²) >= 11 is 0. The zero-order valence-corrected chi connectivity index (χ0v) is 15.4. The monoisotopic (exact) mass is 335 g/mol. The molecule has 6 nitrogen and oxygen atoms in total. The molecule has 1 aliphatic heterocycles. The van der Waals surface area contributed by atoms with Crippen molar-refractivity contribution in [2.45, 2.75) is 39.7 Å². The SMILES string of the molecule is CCc1cc(N)c(OC)cc1N1CCN(C(=O)OC(C)(C)C)CC1. The molecule has 1 aromatic carbocycles. The zero-order valence-electron chi connectivity index (χ0n) is 15.4. The lowest BCUT2D eigenvalue weighted by Gasteiger charge is -2.37. The minimum atomic E-state index is -0.464. The van der Waals surface area contributed by atoms with Gasteiger partial charge in [-0.25, -0.2) is 4.79 Å². The fourth-order valence-corrected chi connectivity index (χ4v) is 2.84. The minimum absolute atomic E-state index is 0.243. The maximum atomic E-state index is 12.2. The number of aryl methyl sites for hydroxylation is 1. The average molecular weight is 335 g/mol. The van der Waals surface area contributed by atoms with E-state index in [1.54, 1.807) is 12.0 Å². The summed E-state index contributed by atoms with van der Waals surface area (Å²) in [4.78, 5) is 16.2. The van der Waals surface area contributed by atoms with Crippen molar-refractivity contribution in [2.24, 2.45) is 0 Å². The van der Waals surface area contributed by atoms with Crippen molar-refractivity contribution in [3.63, 3.8) is 0 Å². The first-order valence-electron chi connectivity index (χ1n) is 8.44. The molecule has 1 aromatic rings. The van der Waals surface area contributed by atoms with Crippen LogP contribution in [0.1, 0.15) is 33.3 Å². The molecule has 1 aliphatic rings. The number of ether oxygens (including phenoxy) is 2. The van der Waals surface area contributed by atoms with E-state index >= 15 is 0 Å². The number of carbonyl (C=O) groups is 1. The molecule has 134 valence electrons. The molecule has 0 atom stereocenters. The molecule has 2 N–H and O–H groups in total. The standard InChI is InChI=1S/C18H29N3O3/c1-6-13-11-14(19)16(23-5)12-15(13)20-7-9-21(10-8-20)17(22)24-18(2,3)4/h11-12H,6-10,19H2,1-5H3. The molecule has 1 fully saturated rings. The molecule has 2 rings (SSSR count). The highest BCUT2D eigenvalue weighted by atomic mass is 16.6. The second kappa shape index (κ2) is 7.20. The Morgan fingerprint density at radius 2 is 1.83 bits per heavy atom. The van der Waals surface area contributed by atoms with Gasteiger partial charge in [-0.05, 0) is 38.8 Å². The van der Waals surface area contributed by atoms with Gasteiger partial charge in [0.1, 0.15) is 11.4 Å². The van der Waals surface area contributed by atoms with Crippen molar-refractivity contribution >= 4 is 17.5 Å². The van der Waals surface area contributed by atoms with Gasteiger partial charge in [0.05, 0.1) is 12.8 Å². The summed E-state index contributed by atoms with van der Waals surface area (Å²) in [7, 11) is 1.63. The van der Waals surface area contributed by atoms with Crippen molar-refractivity contribution in [1.29, 1.82) is 0 Å². The maximum Gasteiger partial charge on any atom is 0.410 e. The van der Waals surface area contributed by atoms with Gasteiger partial charge in [0.25, 0.3) is 0 Å². The number of amides is 1. The second-order valence-electron chi connectivity index (χ2n) is 7.03. The van der Waals surface area contributed by atoms with Crippen LogP contribution in [0.2, 0.25) is 0 Å². The van der Waals surface area contributed by atoms with E-state index in [0.29, 0.717) is 24.5 Å². The van der Waals surface area contributed by atoms with E-state index in [1.807, 2.05) is 32.9 Å². The number of hydrogen-bond donors (Lipinski definition) is 1. The molecule has 0 spiro atoms. The fourth-order valence-electron chi connectivity index (χ4n) is 2.84. The van der Waals surface area contributed by atoms with Crippen LogP contribution in [0.25, 0.3) is 0 Å². The van der Waals surface area contributed by atoms with Gasteiger partial charge < -0.3 is 25.0 Å². The Hall–Kier alpha value is -2.11. The summed E-state index contributed by atoms with van der Waals surface area (Å²) in [5, 5.41) is 0. The number of methoxy groups -OCH3 is 1. The Labute approximate surface area is 144 Å².